The zero-order valence-electron chi connectivity index (χ0n) is 14.9. The maximum atomic E-state index is 12.5. The second-order valence-corrected chi connectivity index (χ2v) is 7.02. The summed E-state index contributed by atoms with van der Waals surface area (Å²) in [7, 11) is 1.43. The van der Waals surface area contributed by atoms with Gasteiger partial charge in [0.15, 0.2) is 0 Å². The molecular weight excluding hydrogens is 405 g/mol. The molecule has 0 unspecified atom stereocenters. The molecule has 0 saturated carbocycles. The van der Waals surface area contributed by atoms with Gasteiger partial charge in [-0.2, -0.15) is 0 Å². The maximum absolute atomic E-state index is 12.5. The number of carbonyl (C=O) groups is 3. The van der Waals surface area contributed by atoms with Crippen LogP contribution >= 0.6 is 23.2 Å². The minimum atomic E-state index is -0.853. The molecule has 0 aliphatic carbocycles. The van der Waals surface area contributed by atoms with E-state index in [9.17, 15) is 14.4 Å². The Morgan fingerprint density at radius 2 is 1.82 bits per heavy atom. The van der Waals surface area contributed by atoms with Gasteiger partial charge in [-0.3, -0.25) is 24.7 Å². The number of benzene rings is 2. The fourth-order valence-corrected chi connectivity index (χ4v) is 3.11. The van der Waals surface area contributed by atoms with Gasteiger partial charge >= 0.3 is 0 Å². The number of likely N-dealkylation sites (tertiary alicyclic amines) is 1. The molecule has 28 heavy (non-hydrogen) atoms. The molecule has 0 spiro atoms. The first-order valence-corrected chi connectivity index (χ1v) is 9.12. The summed E-state index contributed by atoms with van der Waals surface area (Å²) in [5, 5.41) is 0.939. The third-order valence-electron chi connectivity index (χ3n) is 4.26. The van der Waals surface area contributed by atoms with Gasteiger partial charge in [-0.15, -0.1) is 0 Å². The van der Waals surface area contributed by atoms with E-state index in [2.05, 4.69) is 10.9 Å². The quantitative estimate of drug-likeness (QED) is 0.552. The fourth-order valence-electron chi connectivity index (χ4n) is 2.81. The van der Waals surface area contributed by atoms with E-state index < -0.39 is 17.9 Å². The predicted molar refractivity (Wildman–Crippen MR) is 104 cm³/mol. The van der Waals surface area contributed by atoms with Crippen LogP contribution in [0.4, 0.5) is 0 Å². The van der Waals surface area contributed by atoms with E-state index in [0.29, 0.717) is 15.8 Å². The average molecular weight is 422 g/mol. The normalized spacial score (nSPS) is 16.4. The molecular formula is C19H17Cl2N3O4. The van der Waals surface area contributed by atoms with E-state index in [0.717, 1.165) is 10.5 Å². The minimum absolute atomic E-state index is 0.0562. The highest BCUT2D eigenvalue weighted by Crippen LogP contribution is 2.22. The molecule has 1 aliphatic heterocycles. The first-order valence-electron chi connectivity index (χ1n) is 8.37. The van der Waals surface area contributed by atoms with Crippen LogP contribution in [-0.4, -0.2) is 35.8 Å². The van der Waals surface area contributed by atoms with Crippen LogP contribution in [0.1, 0.15) is 22.3 Å². The largest absolute Gasteiger partial charge is 0.496 e. The van der Waals surface area contributed by atoms with Gasteiger partial charge in [-0.25, -0.2) is 5.43 Å². The Hall–Kier alpha value is -2.61. The Bertz CT molecular complexity index is 918. The zero-order valence-corrected chi connectivity index (χ0v) is 16.4. The topological polar surface area (TPSA) is 87.7 Å². The first-order chi connectivity index (χ1) is 13.4. The van der Waals surface area contributed by atoms with Crippen LogP contribution in [0.15, 0.2) is 42.5 Å². The van der Waals surface area contributed by atoms with Crippen molar-refractivity contribution >= 4 is 40.9 Å². The maximum Gasteiger partial charge on any atom is 0.269 e. The zero-order chi connectivity index (χ0) is 20.3. The van der Waals surface area contributed by atoms with Crippen LogP contribution in [0, 0.1) is 0 Å². The highest BCUT2D eigenvalue weighted by molar-refractivity contribution is 6.31. The smallest absolute Gasteiger partial charge is 0.269 e. The lowest BCUT2D eigenvalue weighted by molar-refractivity contribution is -0.139. The van der Waals surface area contributed by atoms with Crippen molar-refractivity contribution in [3.63, 3.8) is 0 Å². The Morgan fingerprint density at radius 3 is 2.50 bits per heavy atom. The summed E-state index contributed by atoms with van der Waals surface area (Å²) in [6.07, 6.45) is -0.0562. The third-order valence-corrected chi connectivity index (χ3v) is 4.75. The number of amides is 3. The van der Waals surface area contributed by atoms with Gasteiger partial charge in [-0.1, -0.05) is 35.3 Å². The molecule has 1 heterocycles. The summed E-state index contributed by atoms with van der Waals surface area (Å²) in [6.45, 7) is 0.142. The number of methoxy groups -OCH3 is 1. The van der Waals surface area contributed by atoms with Gasteiger partial charge < -0.3 is 4.74 Å². The molecule has 1 fully saturated rings. The molecule has 0 radical (unpaired) electrons. The molecule has 3 amide bonds. The number of nitrogens with zero attached hydrogens (tertiary/aromatic N) is 1. The van der Waals surface area contributed by atoms with Crippen LogP contribution < -0.4 is 15.6 Å². The number of carbonyl (C=O) groups excluding carboxylic acids is 3. The molecule has 2 aromatic rings. The highest BCUT2D eigenvalue weighted by atomic mass is 35.5. The van der Waals surface area contributed by atoms with Crippen molar-refractivity contribution in [3.05, 3.63) is 63.6 Å². The van der Waals surface area contributed by atoms with E-state index in [1.54, 1.807) is 36.4 Å². The molecule has 2 aromatic carbocycles. The van der Waals surface area contributed by atoms with Gasteiger partial charge in [0.25, 0.3) is 5.91 Å². The molecule has 146 valence electrons. The lowest BCUT2D eigenvalue weighted by atomic mass is 10.2. The van der Waals surface area contributed by atoms with E-state index in [-0.39, 0.29) is 24.4 Å². The van der Waals surface area contributed by atoms with Crippen molar-refractivity contribution in [1.29, 1.82) is 0 Å². The number of nitrogens with one attached hydrogen (secondary N) is 2. The Kier molecular flexibility index (Phi) is 6.18. The SMILES string of the molecule is COc1ccc(Cl)cc1C(=O)NN[C@@H]1CC(=O)N(Cc2ccc(Cl)cc2)C1=O. The first kappa shape index (κ1) is 20.1. The molecule has 2 N–H and O–H groups in total. The molecule has 1 atom stereocenters. The molecule has 3 rings (SSSR count). The second-order valence-electron chi connectivity index (χ2n) is 6.14. The van der Waals surface area contributed by atoms with Crippen LogP contribution in [-0.2, 0) is 16.1 Å². The van der Waals surface area contributed by atoms with E-state index in [1.807, 2.05) is 0 Å². The van der Waals surface area contributed by atoms with E-state index in [1.165, 1.54) is 13.2 Å². The Morgan fingerprint density at radius 1 is 1.14 bits per heavy atom. The number of imide groups is 1. The summed E-state index contributed by atoms with van der Waals surface area (Å²) in [6, 6.07) is 10.6. The number of ether oxygens (including phenoxy) is 1. The van der Waals surface area contributed by atoms with E-state index >= 15 is 0 Å². The van der Waals surface area contributed by atoms with Crippen molar-refractivity contribution in [2.45, 2.75) is 19.0 Å². The van der Waals surface area contributed by atoms with Gasteiger partial charge in [0, 0.05) is 10.0 Å². The lowest BCUT2D eigenvalue weighted by Gasteiger charge is -2.16. The number of hydrogen-bond acceptors (Lipinski definition) is 5. The molecule has 1 saturated heterocycles. The van der Waals surface area contributed by atoms with Gasteiger partial charge in [0.2, 0.25) is 11.8 Å². The van der Waals surface area contributed by atoms with Gasteiger partial charge in [0.05, 0.1) is 25.6 Å². The molecule has 0 aromatic heterocycles. The van der Waals surface area contributed by atoms with Crippen molar-refractivity contribution < 1.29 is 19.1 Å². The molecule has 1 aliphatic rings. The summed E-state index contributed by atoms with van der Waals surface area (Å²) in [5.41, 5.74) is 6.05. The molecule has 7 nitrogen and oxygen atoms in total. The fraction of sp³-hybridized carbons (Fsp3) is 0.211. The molecule has 0 bridgehead atoms. The second kappa shape index (κ2) is 8.60. The third kappa shape index (κ3) is 4.44. The number of halogens is 2. The van der Waals surface area contributed by atoms with Crippen LogP contribution in [0.25, 0.3) is 0 Å². The van der Waals surface area contributed by atoms with Crippen LogP contribution in [0.5, 0.6) is 5.75 Å². The summed E-state index contributed by atoms with van der Waals surface area (Å²) in [4.78, 5) is 38.3. The number of hydrogen-bond donors (Lipinski definition) is 2. The molecule has 9 heteroatoms. The minimum Gasteiger partial charge on any atom is -0.496 e. The highest BCUT2D eigenvalue weighted by Gasteiger charge is 2.38. The van der Waals surface area contributed by atoms with Gasteiger partial charge in [-0.05, 0) is 35.9 Å². The van der Waals surface area contributed by atoms with Crippen molar-refractivity contribution in [2.24, 2.45) is 0 Å². The number of rotatable bonds is 6. The van der Waals surface area contributed by atoms with Crippen molar-refractivity contribution in [3.8, 4) is 5.75 Å². The monoisotopic (exact) mass is 421 g/mol. The summed E-state index contributed by atoms with van der Waals surface area (Å²) >= 11 is 11.8. The standard InChI is InChI=1S/C19H17Cl2N3O4/c1-28-16-7-6-13(21)8-14(16)18(26)23-22-15-9-17(25)24(19(15)27)10-11-2-4-12(20)5-3-11/h2-8,15,22H,9-10H2,1H3,(H,23,26)/t15-/m1/s1. The van der Waals surface area contributed by atoms with Crippen molar-refractivity contribution in [1.82, 2.24) is 15.8 Å². The van der Waals surface area contributed by atoms with Crippen LogP contribution in [0.3, 0.4) is 0 Å². The number of hydrazine groups is 1. The Labute approximate surface area is 171 Å². The van der Waals surface area contributed by atoms with Gasteiger partial charge in [0.1, 0.15) is 11.8 Å². The Balaban J connectivity index is 1.63. The van der Waals surface area contributed by atoms with Crippen LogP contribution in [0.2, 0.25) is 10.0 Å². The summed E-state index contributed by atoms with van der Waals surface area (Å²) < 4.78 is 5.14. The van der Waals surface area contributed by atoms with Crippen molar-refractivity contribution in [2.75, 3.05) is 7.11 Å². The average Bonchev–Trinajstić information content (AvgIpc) is 2.95. The van der Waals surface area contributed by atoms with E-state index in [4.69, 9.17) is 27.9 Å². The summed E-state index contributed by atoms with van der Waals surface area (Å²) in [5.74, 6) is -0.942. The predicted octanol–water partition coefficient (Wildman–Crippen LogP) is 2.56. The lowest BCUT2D eigenvalue weighted by Crippen LogP contribution is -2.48.